The van der Waals surface area contributed by atoms with Crippen molar-refractivity contribution in [2.45, 2.75) is 77.4 Å². The number of aliphatic hydroxyl groups is 1. The van der Waals surface area contributed by atoms with Gasteiger partial charge in [-0.3, -0.25) is 0 Å². The van der Waals surface area contributed by atoms with Gasteiger partial charge in [0.2, 0.25) is 0 Å². The molecule has 2 fully saturated rings. The lowest BCUT2D eigenvalue weighted by Crippen LogP contribution is -2.67. The number of ether oxygens (including phenoxy) is 3. The van der Waals surface area contributed by atoms with Crippen molar-refractivity contribution in [3.8, 4) is 0 Å². The summed E-state index contributed by atoms with van der Waals surface area (Å²) < 4.78 is 18.1. The van der Waals surface area contributed by atoms with Crippen LogP contribution in [-0.4, -0.2) is 54.5 Å². The molecule has 0 radical (unpaired) electrons. The van der Waals surface area contributed by atoms with Gasteiger partial charge in [0.1, 0.15) is 0 Å². The van der Waals surface area contributed by atoms with Crippen LogP contribution in [0.4, 0.5) is 0 Å². The van der Waals surface area contributed by atoms with E-state index in [4.69, 9.17) is 14.2 Å². The predicted octanol–water partition coefficient (Wildman–Crippen LogP) is 2.07. The van der Waals surface area contributed by atoms with Crippen LogP contribution < -0.4 is 5.32 Å². The Balaban J connectivity index is 1.95. The second-order valence-electron chi connectivity index (χ2n) is 8.91. The molecule has 2 saturated heterocycles. The highest BCUT2D eigenvalue weighted by atomic mass is 16.7. The van der Waals surface area contributed by atoms with E-state index in [9.17, 15) is 5.11 Å². The lowest BCUT2D eigenvalue weighted by molar-refractivity contribution is -0.330. The van der Waals surface area contributed by atoms with Gasteiger partial charge in [0, 0.05) is 29.3 Å². The Bertz CT molecular complexity index is 366. The van der Waals surface area contributed by atoms with E-state index in [1.165, 1.54) is 0 Å². The van der Waals surface area contributed by atoms with Gasteiger partial charge < -0.3 is 24.6 Å². The first-order valence-corrected chi connectivity index (χ1v) is 8.28. The zero-order valence-corrected chi connectivity index (χ0v) is 15.0. The predicted molar refractivity (Wildman–Crippen MR) is 85.8 cm³/mol. The van der Waals surface area contributed by atoms with Crippen molar-refractivity contribution in [2.75, 3.05) is 26.4 Å². The van der Waals surface area contributed by atoms with E-state index < -0.39 is 11.9 Å². The fraction of sp³-hybridized carbons (Fsp3) is 1.00. The van der Waals surface area contributed by atoms with E-state index in [2.05, 4.69) is 39.9 Å². The zero-order chi connectivity index (χ0) is 16.6. The highest BCUT2D eigenvalue weighted by molar-refractivity contribution is 5.03. The monoisotopic (exact) mass is 315 g/mol. The Kier molecular flexibility index (Phi) is 4.97. The third kappa shape index (κ3) is 4.65. The number of rotatable bonds is 4. The molecule has 5 nitrogen and oxygen atoms in total. The fourth-order valence-electron chi connectivity index (χ4n) is 3.87. The van der Waals surface area contributed by atoms with Gasteiger partial charge in [-0.25, -0.2) is 0 Å². The largest absolute Gasteiger partial charge is 0.391 e. The molecule has 0 aromatic heterocycles. The van der Waals surface area contributed by atoms with Crippen molar-refractivity contribution >= 4 is 0 Å². The molecule has 1 spiro atoms. The van der Waals surface area contributed by atoms with Gasteiger partial charge in [0.05, 0.1) is 32.5 Å². The maximum atomic E-state index is 9.29. The van der Waals surface area contributed by atoms with Gasteiger partial charge in [0.15, 0.2) is 5.79 Å². The summed E-state index contributed by atoms with van der Waals surface area (Å²) in [4.78, 5) is 0. The van der Waals surface area contributed by atoms with E-state index in [1.54, 1.807) is 6.92 Å². The number of piperidine rings is 1. The van der Waals surface area contributed by atoms with Gasteiger partial charge in [-0.1, -0.05) is 6.92 Å². The third-order valence-electron chi connectivity index (χ3n) is 4.28. The lowest BCUT2D eigenvalue weighted by atomic mass is 9.77. The van der Waals surface area contributed by atoms with Gasteiger partial charge in [-0.15, -0.1) is 0 Å². The molecule has 1 unspecified atom stereocenters. The average molecular weight is 315 g/mol. The number of nitrogens with one attached hydrogen (secondary N) is 1. The van der Waals surface area contributed by atoms with Crippen LogP contribution in [-0.2, 0) is 14.2 Å². The van der Waals surface area contributed by atoms with Gasteiger partial charge in [0.25, 0.3) is 0 Å². The highest BCUT2D eigenvalue weighted by Gasteiger charge is 2.52. The molecular formula is C17H33NO4. The molecule has 0 aromatic carbocycles. The van der Waals surface area contributed by atoms with Crippen LogP contribution in [0.5, 0.6) is 0 Å². The molecule has 22 heavy (non-hydrogen) atoms. The number of hydrogen-bond donors (Lipinski definition) is 2. The van der Waals surface area contributed by atoms with Crippen molar-refractivity contribution in [2.24, 2.45) is 5.41 Å². The molecule has 2 N–H and O–H groups in total. The van der Waals surface area contributed by atoms with E-state index in [1.807, 2.05) is 0 Å². The van der Waals surface area contributed by atoms with Crippen molar-refractivity contribution in [3.05, 3.63) is 0 Å². The number of hydrogen-bond acceptors (Lipinski definition) is 5. The fourth-order valence-corrected chi connectivity index (χ4v) is 3.87. The Labute approximate surface area is 134 Å². The van der Waals surface area contributed by atoms with Crippen LogP contribution in [0.25, 0.3) is 0 Å². The molecule has 1 atom stereocenters. The summed E-state index contributed by atoms with van der Waals surface area (Å²) in [6, 6.07) is 0. The van der Waals surface area contributed by atoms with Crippen LogP contribution in [0.1, 0.15) is 54.4 Å². The smallest absolute Gasteiger partial charge is 0.171 e. The molecule has 130 valence electrons. The minimum Gasteiger partial charge on any atom is -0.391 e. The zero-order valence-electron chi connectivity index (χ0n) is 15.0. The summed E-state index contributed by atoms with van der Waals surface area (Å²) in [7, 11) is 0. The standard InChI is InChI=1S/C17H33NO4/c1-13(19)7-20-10-16(6)11-21-17(22-12-16)8-14(2,3)18-15(4,5)9-17/h13,18-19H,7-12H2,1-6H3. The molecule has 2 aliphatic heterocycles. The summed E-state index contributed by atoms with van der Waals surface area (Å²) in [6.45, 7) is 14.8. The molecule has 2 rings (SSSR count). The van der Waals surface area contributed by atoms with E-state index in [-0.39, 0.29) is 16.5 Å². The number of aliphatic hydroxyl groups excluding tert-OH is 1. The first kappa shape index (κ1) is 18.1. The van der Waals surface area contributed by atoms with Crippen molar-refractivity contribution in [3.63, 3.8) is 0 Å². The topological polar surface area (TPSA) is 60.0 Å². The van der Waals surface area contributed by atoms with Crippen LogP contribution >= 0.6 is 0 Å². The summed E-state index contributed by atoms with van der Waals surface area (Å²) in [6.07, 6.45) is 1.24. The molecule has 2 heterocycles. The van der Waals surface area contributed by atoms with E-state index in [0.717, 1.165) is 12.8 Å². The molecule has 2 aliphatic rings. The normalized spacial score (nSPS) is 30.1. The molecular weight excluding hydrogens is 282 g/mol. The molecule has 0 amide bonds. The summed E-state index contributed by atoms with van der Waals surface area (Å²) in [5.41, 5.74) is -0.185. The van der Waals surface area contributed by atoms with Crippen LogP contribution in [0.15, 0.2) is 0 Å². The average Bonchev–Trinajstić information content (AvgIpc) is 2.29. The molecule has 5 heteroatoms. The van der Waals surface area contributed by atoms with Crippen molar-refractivity contribution in [1.29, 1.82) is 0 Å². The summed E-state index contributed by atoms with van der Waals surface area (Å²) >= 11 is 0. The molecule has 0 aliphatic carbocycles. The van der Waals surface area contributed by atoms with Crippen LogP contribution in [0.2, 0.25) is 0 Å². The SMILES string of the molecule is CC(O)COCC1(C)COC2(CC(C)(C)NC(C)(C)C2)OC1. The quantitative estimate of drug-likeness (QED) is 0.832. The molecule has 0 saturated carbocycles. The molecule has 0 aromatic rings. The van der Waals surface area contributed by atoms with E-state index in [0.29, 0.717) is 26.4 Å². The van der Waals surface area contributed by atoms with E-state index >= 15 is 0 Å². The van der Waals surface area contributed by atoms with Crippen molar-refractivity contribution < 1.29 is 19.3 Å². The van der Waals surface area contributed by atoms with Gasteiger partial charge in [-0.2, -0.15) is 0 Å². The summed E-state index contributed by atoms with van der Waals surface area (Å²) in [5.74, 6) is -0.498. The Morgan fingerprint density at radius 3 is 2.00 bits per heavy atom. The lowest BCUT2D eigenvalue weighted by Gasteiger charge is -2.55. The second-order valence-corrected chi connectivity index (χ2v) is 8.91. The Hall–Kier alpha value is -0.200. The first-order chi connectivity index (χ1) is 9.95. The minimum atomic E-state index is -0.498. The first-order valence-electron chi connectivity index (χ1n) is 8.28. The second kappa shape index (κ2) is 6.02. The van der Waals surface area contributed by atoms with Gasteiger partial charge >= 0.3 is 0 Å². The Morgan fingerprint density at radius 2 is 1.55 bits per heavy atom. The van der Waals surface area contributed by atoms with Crippen molar-refractivity contribution in [1.82, 2.24) is 5.32 Å². The highest BCUT2D eigenvalue weighted by Crippen LogP contribution is 2.43. The third-order valence-corrected chi connectivity index (χ3v) is 4.28. The van der Waals surface area contributed by atoms with Crippen LogP contribution in [0.3, 0.4) is 0 Å². The maximum absolute atomic E-state index is 9.29. The van der Waals surface area contributed by atoms with Gasteiger partial charge in [-0.05, 0) is 34.6 Å². The minimum absolute atomic E-state index is 0.0156. The maximum Gasteiger partial charge on any atom is 0.171 e. The summed E-state index contributed by atoms with van der Waals surface area (Å²) in [5, 5.41) is 12.9. The molecule has 0 bridgehead atoms. The Morgan fingerprint density at radius 1 is 1.05 bits per heavy atom. The van der Waals surface area contributed by atoms with Crippen LogP contribution in [0, 0.1) is 5.41 Å².